The van der Waals surface area contributed by atoms with Crippen molar-refractivity contribution in [1.29, 1.82) is 0 Å². The topological polar surface area (TPSA) is 71.2 Å². The Labute approximate surface area is 112 Å². The fourth-order valence-corrected chi connectivity index (χ4v) is 1.47. The number of aromatic amines is 1. The van der Waals surface area contributed by atoms with Gasteiger partial charge in [-0.25, -0.2) is 0 Å². The lowest BCUT2D eigenvalue weighted by molar-refractivity contribution is -0.0498. The van der Waals surface area contributed by atoms with Gasteiger partial charge in [0.25, 0.3) is 5.91 Å². The fourth-order valence-electron chi connectivity index (χ4n) is 1.47. The number of rotatable bonds is 4. The molecule has 0 saturated carbocycles. The molecule has 104 valence electrons. The summed E-state index contributed by atoms with van der Waals surface area (Å²) in [5.41, 5.74) is 0.385. The van der Waals surface area contributed by atoms with Gasteiger partial charge in [-0.15, -0.1) is 0 Å². The van der Waals surface area contributed by atoms with Crippen LogP contribution in [0.3, 0.4) is 0 Å². The number of benzene rings is 1. The average Bonchev–Trinajstić information content (AvgIpc) is 2.41. The molecule has 0 spiro atoms. The number of alkyl halides is 2. The largest absolute Gasteiger partial charge is 0.435 e. The Morgan fingerprint density at radius 3 is 2.40 bits per heavy atom. The number of H-pyrrole nitrogens is 1. The molecule has 1 aromatic heterocycles. The van der Waals surface area contributed by atoms with Crippen molar-refractivity contribution in [2.75, 3.05) is 5.32 Å². The summed E-state index contributed by atoms with van der Waals surface area (Å²) in [4.78, 5) is 25.0. The minimum atomic E-state index is -2.89. The number of anilines is 1. The summed E-state index contributed by atoms with van der Waals surface area (Å²) in [6.07, 6.45) is 1.28. The molecule has 1 amide bonds. The molecule has 20 heavy (non-hydrogen) atoms. The highest BCUT2D eigenvalue weighted by atomic mass is 19.3. The van der Waals surface area contributed by atoms with Crippen molar-refractivity contribution < 1.29 is 18.3 Å². The smallest absolute Gasteiger partial charge is 0.387 e. The monoisotopic (exact) mass is 280 g/mol. The van der Waals surface area contributed by atoms with Gasteiger partial charge in [0.2, 0.25) is 5.56 Å². The van der Waals surface area contributed by atoms with E-state index in [1.807, 2.05) is 0 Å². The standard InChI is InChI=1S/C13H10F2N2O3/c14-13(15)20-10-4-2-9(3-5-10)17-12(19)8-1-6-11(18)16-7-8/h1-7,13H,(H,16,18)(H,17,19). The van der Waals surface area contributed by atoms with E-state index < -0.39 is 12.5 Å². The summed E-state index contributed by atoms with van der Waals surface area (Å²) in [5.74, 6) is -0.425. The normalized spacial score (nSPS) is 10.3. The summed E-state index contributed by atoms with van der Waals surface area (Å²) in [5, 5.41) is 2.55. The molecule has 0 saturated heterocycles. The van der Waals surface area contributed by atoms with Gasteiger partial charge in [-0.1, -0.05) is 0 Å². The molecule has 0 aliphatic rings. The van der Waals surface area contributed by atoms with Crippen molar-refractivity contribution in [3.63, 3.8) is 0 Å². The highest BCUT2D eigenvalue weighted by Gasteiger charge is 2.07. The van der Waals surface area contributed by atoms with Crippen LogP contribution in [-0.2, 0) is 0 Å². The number of nitrogens with one attached hydrogen (secondary N) is 2. The molecular weight excluding hydrogens is 270 g/mol. The molecule has 5 nitrogen and oxygen atoms in total. The third-order valence-corrected chi connectivity index (χ3v) is 2.38. The molecule has 7 heteroatoms. The van der Waals surface area contributed by atoms with Crippen LogP contribution in [0.15, 0.2) is 47.4 Å². The lowest BCUT2D eigenvalue weighted by Crippen LogP contribution is -2.14. The molecule has 0 unspecified atom stereocenters. The van der Waals surface area contributed by atoms with Gasteiger partial charge in [0.1, 0.15) is 5.75 Å². The van der Waals surface area contributed by atoms with Crippen LogP contribution in [0, 0.1) is 0 Å². The van der Waals surface area contributed by atoms with E-state index in [2.05, 4.69) is 15.0 Å². The first-order valence-corrected chi connectivity index (χ1v) is 5.59. The fraction of sp³-hybridized carbons (Fsp3) is 0.0769. The maximum atomic E-state index is 12.0. The second kappa shape index (κ2) is 5.96. The van der Waals surface area contributed by atoms with Gasteiger partial charge in [0.15, 0.2) is 0 Å². The minimum absolute atomic E-state index is 0.00189. The van der Waals surface area contributed by atoms with Gasteiger partial charge in [-0.3, -0.25) is 9.59 Å². The van der Waals surface area contributed by atoms with E-state index in [1.165, 1.54) is 42.6 Å². The molecule has 0 aliphatic heterocycles. The third kappa shape index (κ3) is 3.64. The number of amides is 1. The van der Waals surface area contributed by atoms with Crippen LogP contribution in [0.4, 0.5) is 14.5 Å². The summed E-state index contributed by atoms with van der Waals surface area (Å²) >= 11 is 0. The Bertz CT molecular complexity index is 633. The Morgan fingerprint density at radius 1 is 1.15 bits per heavy atom. The summed E-state index contributed by atoms with van der Waals surface area (Å²) < 4.78 is 28.1. The highest BCUT2D eigenvalue weighted by Crippen LogP contribution is 2.18. The number of halogens is 2. The van der Waals surface area contributed by atoms with Gasteiger partial charge >= 0.3 is 6.61 Å². The second-order valence-corrected chi connectivity index (χ2v) is 3.80. The number of carbonyl (C=O) groups excluding carboxylic acids is 1. The Kier molecular flexibility index (Phi) is 4.09. The van der Waals surface area contributed by atoms with E-state index in [1.54, 1.807) is 0 Å². The Morgan fingerprint density at radius 2 is 1.85 bits per heavy atom. The highest BCUT2D eigenvalue weighted by molar-refractivity contribution is 6.04. The van der Waals surface area contributed by atoms with Gasteiger partial charge in [-0.2, -0.15) is 8.78 Å². The van der Waals surface area contributed by atoms with Crippen molar-refractivity contribution >= 4 is 11.6 Å². The summed E-state index contributed by atoms with van der Waals surface area (Å²) in [6, 6.07) is 8.10. The molecule has 0 radical (unpaired) electrons. The number of aromatic nitrogens is 1. The lowest BCUT2D eigenvalue weighted by Gasteiger charge is -2.07. The summed E-state index contributed by atoms with van der Waals surface area (Å²) in [6.45, 7) is -2.89. The zero-order chi connectivity index (χ0) is 14.5. The third-order valence-electron chi connectivity index (χ3n) is 2.38. The molecule has 0 aliphatic carbocycles. The zero-order valence-electron chi connectivity index (χ0n) is 10.1. The molecule has 0 bridgehead atoms. The molecular formula is C13H10F2N2O3. The number of pyridine rings is 1. The SMILES string of the molecule is O=C(Nc1ccc(OC(F)F)cc1)c1ccc(=O)[nH]c1. The van der Waals surface area contributed by atoms with Crippen molar-refractivity contribution in [2.45, 2.75) is 6.61 Å². The van der Waals surface area contributed by atoms with E-state index in [0.29, 0.717) is 5.69 Å². The number of hydrogen-bond donors (Lipinski definition) is 2. The van der Waals surface area contributed by atoms with E-state index in [-0.39, 0.29) is 16.9 Å². The van der Waals surface area contributed by atoms with Crippen LogP contribution < -0.4 is 15.6 Å². The quantitative estimate of drug-likeness (QED) is 0.902. The van der Waals surface area contributed by atoms with Gasteiger partial charge in [0, 0.05) is 18.0 Å². The lowest BCUT2D eigenvalue weighted by atomic mass is 10.2. The number of hydrogen-bond acceptors (Lipinski definition) is 3. The Balaban J connectivity index is 2.04. The molecule has 2 aromatic rings. The minimum Gasteiger partial charge on any atom is -0.435 e. The predicted molar refractivity (Wildman–Crippen MR) is 68.1 cm³/mol. The van der Waals surface area contributed by atoms with Gasteiger partial charge < -0.3 is 15.0 Å². The van der Waals surface area contributed by atoms with Crippen LogP contribution in [-0.4, -0.2) is 17.5 Å². The maximum Gasteiger partial charge on any atom is 0.387 e. The van der Waals surface area contributed by atoms with Crippen molar-refractivity contribution in [1.82, 2.24) is 4.98 Å². The van der Waals surface area contributed by atoms with Crippen LogP contribution in [0.5, 0.6) is 5.75 Å². The van der Waals surface area contributed by atoms with E-state index >= 15 is 0 Å². The van der Waals surface area contributed by atoms with Crippen molar-refractivity contribution in [2.24, 2.45) is 0 Å². The zero-order valence-corrected chi connectivity index (χ0v) is 10.1. The maximum absolute atomic E-state index is 12.0. The first-order valence-electron chi connectivity index (χ1n) is 5.59. The molecule has 0 atom stereocenters. The molecule has 1 heterocycles. The van der Waals surface area contributed by atoms with Crippen LogP contribution in [0.2, 0.25) is 0 Å². The van der Waals surface area contributed by atoms with Gasteiger partial charge in [-0.05, 0) is 30.3 Å². The first kappa shape index (κ1) is 13.7. The molecule has 0 fully saturated rings. The Hall–Kier alpha value is -2.70. The van der Waals surface area contributed by atoms with Crippen LogP contribution in [0.25, 0.3) is 0 Å². The molecule has 1 aromatic carbocycles. The first-order chi connectivity index (χ1) is 9.54. The average molecular weight is 280 g/mol. The van der Waals surface area contributed by atoms with Crippen molar-refractivity contribution in [3.8, 4) is 5.75 Å². The van der Waals surface area contributed by atoms with E-state index in [0.717, 1.165) is 0 Å². The van der Waals surface area contributed by atoms with Crippen LogP contribution in [0.1, 0.15) is 10.4 Å². The van der Waals surface area contributed by atoms with Crippen LogP contribution >= 0.6 is 0 Å². The number of carbonyl (C=O) groups is 1. The number of ether oxygens (including phenoxy) is 1. The second-order valence-electron chi connectivity index (χ2n) is 3.80. The van der Waals surface area contributed by atoms with Crippen molar-refractivity contribution in [3.05, 3.63) is 58.5 Å². The van der Waals surface area contributed by atoms with E-state index in [4.69, 9.17) is 0 Å². The predicted octanol–water partition coefficient (Wildman–Crippen LogP) is 2.23. The van der Waals surface area contributed by atoms with Gasteiger partial charge in [0.05, 0.1) is 5.56 Å². The molecule has 2 rings (SSSR count). The summed E-state index contributed by atoms with van der Waals surface area (Å²) in [7, 11) is 0. The van der Waals surface area contributed by atoms with E-state index in [9.17, 15) is 18.4 Å². The molecule has 2 N–H and O–H groups in total.